The molecule has 0 bridgehead atoms. The number of hydrogen-bond donors (Lipinski definition) is 3. The van der Waals surface area contributed by atoms with E-state index in [1.54, 1.807) is 36.4 Å². The average Bonchev–Trinajstić information content (AvgIpc) is 3.64. The molecule has 0 spiro atoms. The van der Waals surface area contributed by atoms with Gasteiger partial charge in [0, 0.05) is 39.5 Å². The molecule has 6 rings (SSSR count). The van der Waals surface area contributed by atoms with E-state index in [1.165, 1.54) is 11.3 Å². The van der Waals surface area contributed by atoms with Crippen molar-refractivity contribution in [3.8, 4) is 33.5 Å². The summed E-state index contributed by atoms with van der Waals surface area (Å²) >= 11 is 1.33. The maximum atomic E-state index is 13.6. The lowest BCUT2D eigenvalue weighted by atomic mass is 9.89. The third kappa shape index (κ3) is 4.94. The Labute approximate surface area is 228 Å². The van der Waals surface area contributed by atoms with Crippen LogP contribution in [0, 0.1) is 11.8 Å². The number of rotatable bonds is 5. The summed E-state index contributed by atoms with van der Waals surface area (Å²) in [7, 11) is 0. The van der Waals surface area contributed by atoms with Crippen LogP contribution in [0.15, 0.2) is 103 Å². The molecule has 7 heteroatoms. The first-order valence-corrected chi connectivity index (χ1v) is 13.1. The fourth-order valence-corrected chi connectivity index (χ4v) is 5.11. The van der Waals surface area contributed by atoms with Crippen molar-refractivity contribution in [2.75, 3.05) is 5.73 Å². The van der Waals surface area contributed by atoms with Crippen molar-refractivity contribution in [3.63, 3.8) is 0 Å². The molecule has 1 atom stereocenters. The molecule has 39 heavy (non-hydrogen) atoms. The van der Waals surface area contributed by atoms with Gasteiger partial charge in [0.25, 0.3) is 0 Å². The number of nitrogen functional groups attached to an aromatic ring is 1. The highest BCUT2D eigenvalue weighted by Crippen LogP contribution is 2.33. The number of carbonyl (C=O) groups excluding carboxylic acids is 1. The van der Waals surface area contributed by atoms with Gasteiger partial charge in [-0.3, -0.25) is 4.79 Å². The highest BCUT2D eigenvalue weighted by molar-refractivity contribution is 7.18. The molecule has 1 unspecified atom stereocenters. The van der Waals surface area contributed by atoms with Crippen molar-refractivity contribution >= 4 is 33.2 Å². The molecule has 0 saturated carbocycles. The first kappa shape index (κ1) is 24.3. The fourth-order valence-electron chi connectivity index (χ4n) is 4.50. The highest BCUT2D eigenvalue weighted by Gasteiger charge is 2.24. The molecule has 6 aromatic rings. The Morgan fingerprint density at radius 1 is 0.872 bits per heavy atom. The van der Waals surface area contributed by atoms with E-state index in [1.807, 2.05) is 66.9 Å². The summed E-state index contributed by atoms with van der Waals surface area (Å²) in [6, 6.07) is 30.1. The standard InChI is InChI=1S/C32H22N4O2S/c33-32-36-35-31(39-32)24-13-10-20(11-14-24)9-12-22-7-4-8-26(30(38)29(37)23-5-2-1-3-6-23)28(22)25-16-15-21-17-18-34-27(21)19-25/h1-8,10-11,13-19,29,34,37H,(H2,33,36). The van der Waals surface area contributed by atoms with E-state index in [0.717, 1.165) is 32.6 Å². The minimum atomic E-state index is -1.29. The lowest BCUT2D eigenvalue weighted by molar-refractivity contribution is 0.0748. The number of nitrogens with one attached hydrogen (secondary N) is 1. The Morgan fingerprint density at radius 2 is 1.67 bits per heavy atom. The number of Topliss-reactive ketones (excluding diaryl/α,β-unsaturated/α-hetero) is 1. The van der Waals surface area contributed by atoms with Crippen molar-refractivity contribution in [2.24, 2.45) is 0 Å². The number of aromatic amines is 1. The lowest BCUT2D eigenvalue weighted by Crippen LogP contribution is -2.14. The van der Waals surface area contributed by atoms with Crippen LogP contribution in [0.3, 0.4) is 0 Å². The van der Waals surface area contributed by atoms with Crippen molar-refractivity contribution in [1.82, 2.24) is 15.2 Å². The van der Waals surface area contributed by atoms with Gasteiger partial charge in [0.1, 0.15) is 11.1 Å². The lowest BCUT2D eigenvalue weighted by Gasteiger charge is -2.15. The third-order valence-corrected chi connectivity index (χ3v) is 7.25. The zero-order chi connectivity index (χ0) is 26.8. The van der Waals surface area contributed by atoms with Crippen molar-refractivity contribution in [1.29, 1.82) is 0 Å². The molecule has 4 N–H and O–H groups in total. The molecule has 6 nitrogen and oxygen atoms in total. The predicted molar refractivity (Wildman–Crippen MR) is 155 cm³/mol. The number of aromatic nitrogens is 3. The summed E-state index contributed by atoms with van der Waals surface area (Å²) in [6.07, 6.45) is 0.592. The normalized spacial score (nSPS) is 11.6. The molecule has 0 radical (unpaired) electrons. The van der Waals surface area contributed by atoms with Gasteiger partial charge in [-0.05, 0) is 46.8 Å². The van der Waals surface area contributed by atoms with E-state index in [9.17, 15) is 9.90 Å². The molecule has 0 aliphatic rings. The summed E-state index contributed by atoms with van der Waals surface area (Å²) in [5, 5.41) is 21.2. The van der Waals surface area contributed by atoms with Crippen molar-refractivity contribution in [2.45, 2.75) is 6.10 Å². The second-order valence-electron chi connectivity index (χ2n) is 8.96. The number of nitrogens with two attached hydrogens (primary N) is 1. The summed E-state index contributed by atoms with van der Waals surface area (Å²) in [6.45, 7) is 0. The van der Waals surface area contributed by atoms with Crippen LogP contribution in [0.4, 0.5) is 5.13 Å². The Kier molecular flexibility index (Phi) is 6.47. The van der Waals surface area contributed by atoms with E-state index in [2.05, 4.69) is 27.0 Å². The summed E-state index contributed by atoms with van der Waals surface area (Å²) in [5.41, 5.74) is 11.5. The van der Waals surface area contributed by atoms with Crippen LogP contribution in [0.2, 0.25) is 0 Å². The first-order chi connectivity index (χ1) is 19.1. The minimum Gasteiger partial charge on any atom is -0.380 e. The van der Waals surface area contributed by atoms with Gasteiger partial charge in [-0.25, -0.2) is 0 Å². The zero-order valence-corrected chi connectivity index (χ0v) is 21.4. The van der Waals surface area contributed by atoms with Crippen LogP contribution < -0.4 is 5.73 Å². The minimum absolute atomic E-state index is 0.382. The van der Waals surface area contributed by atoms with E-state index in [-0.39, 0.29) is 5.78 Å². The molecule has 0 aliphatic heterocycles. The molecule has 188 valence electrons. The Morgan fingerprint density at radius 3 is 2.44 bits per heavy atom. The van der Waals surface area contributed by atoms with Crippen LogP contribution in [-0.2, 0) is 0 Å². The first-order valence-electron chi connectivity index (χ1n) is 12.3. The fraction of sp³-hybridized carbons (Fsp3) is 0.0312. The molecule has 0 amide bonds. The number of nitrogens with zero attached hydrogens (tertiary/aromatic N) is 2. The number of fused-ring (bicyclic) bond motifs is 1. The Balaban J connectivity index is 1.43. The van der Waals surface area contributed by atoms with Gasteiger partial charge < -0.3 is 15.8 Å². The number of anilines is 1. The molecule has 0 saturated heterocycles. The summed E-state index contributed by atoms with van der Waals surface area (Å²) in [4.78, 5) is 16.9. The van der Waals surface area contributed by atoms with Crippen LogP contribution >= 0.6 is 11.3 Å². The number of hydrogen-bond acceptors (Lipinski definition) is 6. The molecule has 4 aromatic carbocycles. The van der Waals surface area contributed by atoms with Gasteiger partial charge in [-0.15, -0.1) is 10.2 Å². The second kappa shape index (κ2) is 10.4. The van der Waals surface area contributed by atoms with Gasteiger partial charge >= 0.3 is 0 Å². The van der Waals surface area contributed by atoms with Crippen molar-refractivity contribution in [3.05, 3.63) is 126 Å². The smallest absolute Gasteiger partial charge is 0.203 e. The van der Waals surface area contributed by atoms with Crippen molar-refractivity contribution < 1.29 is 9.90 Å². The van der Waals surface area contributed by atoms with E-state index < -0.39 is 6.10 Å². The monoisotopic (exact) mass is 526 g/mol. The van der Waals surface area contributed by atoms with Crippen LogP contribution in [0.1, 0.15) is 33.2 Å². The van der Waals surface area contributed by atoms with Gasteiger partial charge in [-0.1, -0.05) is 89.9 Å². The number of ketones is 1. The molecule has 0 aliphatic carbocycles. The zero-order valence-electron chi connectivity index (χ0n) is 20.6. The van der Waals surface area contributed by atoms with Gasteiger partial charge in [0.2, 0.25) is 5.13 Å². The van der Waals surface area contributed by atoms with E-state index in [4.69, 9.17) is 5.73 Å². The van der Waals surface area contributed by atoms with Crippen LogP contribution in [0.25, 0.3) is 32.6 Å². The SMILES string of the molecule is Nc1nnc(-c2ccc(C#Cc3cccc(C(=O)C(O)c4ccccc4)c3-c3ccc4cc[nH]c4c3)cc2)s1. The van der Waals surface area contributed by atoms with Crippen LogP contribution in [0.5, 0.6) is 0 Å². The Bertz CT molecular complexity index is 1860. The summed E-state index contributed by atoms with van der Waals surface area (Å²) in [5.74, 6) is 6.11. The average molecular weight is 527 g/mol. The molecule has 2 heterocycles. The number of carbonyl (C=O) groups is 1. The number of H-pyrrole nitrogens is 1. The number of benzene rings is 4. The maximum Gasteiger partial charge on any atom is 0.203 e. The van der Waals surface area contributed by atoms with Gasteiger partial charge in [0.15, 0.2) is 5.78 Å². The topological polar surface area (TPSA) is 105 Å². The molecule has 2 aromatic heterocycles. The summed E-state index contributed by atoms with van der Waals surface area (Å²) < 4.78 is 0. The molecule has 0 fully saturated rings. The number of aliphatic hydroxyl groups excluding tert-OH is 1. The maximum absolute atomic E-state index is 13.6. The van der Waals surface area contributed by atoms with Gasteiger partial charge in [-0.2, -0.15) is 0 Å². The predicted octanol–water partition coefficient (Wildman–Crippen LogP) is 6.25. The third-order valence-electron chi connectivity index (χ3n) is 6.45. The second-order valence-corrected chi connectivity index (χ2v) is 9.97. The quantitative estimate of drug-likeness (QED) is 0.182. The molecular weight excluding hydrogens is 504 g/mol. The Hall–Kier alpha value is -5.03. The largest absolute Gasteiger partial charge is 0.380 e. The van der Waals surface area contributed by atoms with E-state index >= 15 is 0 Å². The number of aliphatic hydroxyl groups is 1. The van der Waals surface area contributed by atoms with Crippen LogP contribution in [-0.4, -0.2) is 26.1 Å². The highest BCUT2D eigenvalue weighted by atomic mass is 32.1. The molecular formula is C32H22N4O2S. The van der Waals surface area contributed by atoms with Gasteiger partial charge in [0.05, 0.1) is 0 Å². The van der Waals surface area contributed by atoms with E-state index in [0.29, 0.717) is 27.4 Å².